The van der Waals surface area contributed by atoms with Crippen LogP contribution in [0.1, 0.15) is 0 Å². The van der Waals surface area contributed by atoms with Crippen LogP contribution in [-0.4, -0.2) is 23.9 Å². The van der Waals surface area contributed by atoms with Gasteiger partial charge in [-0.1, -0.05) is 109 Å². The molecule has 4 aromatic heterocycles. The maximum atomic E-state index is 5.36. The van der Waals surface area contributed by atoms with Crippen molar-refractivity contribution in [2.45, 2.75) is 0 Å². The molecular weight excluding hydrogens is 538 g/mol. The SMILES string of the molecule is c1ccc(-c2nc(-n3c4cn5c(cc4c4c6ccccc6c6ccccc6c43)nc3ccccc35)nc3ccccc23)cc1. The van der Waals surface area contributed by atoms with Crippen molar-refractivity contribution in [3.05, 3.63) is 140 Å². The van der Waals surface area contributed by atoms with Gasteiger partial charge < -0.3 is 0 Å². The van der Waals surface area contributed by atoms with E-state index in [4.69, 9.17) is 15.0 Å². The molecule has 0 fully saturated rings. The topological polar surface area (TPSA) is 48.0 Å². The van der Waals surface area contributed by atoms with Crippen LogP contribution in [0.3, 0.4) is 0 Å². The molecule has 0 bridgehead atoms. The van der Waals surface area contributed by atoms with E-state index in [0.29, 0.717) is 5.95 Å². The van der Waals surface area contributed by atoms with E-state index in [2.05, 4.69) is 130 Å². The molecule has 0 N–H and O–H groups in total. The Bertz CT molecular complexity index is 2770. The number of rotatable bonds is 2. The molecule has 0 aliphatic rings. The number of aromatic nitrogens is 5. The summed E-state index contributed by atoms with van der Waals surface area (Å²) < 4.78 is 4.46. The minimum absolute atomic E-state index is 0.645. The highest BCUT2D eigenvalue weighted by Crippen LogP contribution is 2.43. The Morgan fingerprint density at radius 2 is 1.09 bits per heavy atom. The van der Waals surface area contributed by atoms with Gasteiger partial charge in [0.25, 0.3) is 0 Å². The van der Waals surface area contributed by atoms with Gasteiger partial charge in [0.2, 0.25) is 5.95 Å². The van der Waals surface area contributed by atoms with Crippen LogP contribution in [0, 0.1) is 0 Å². The maximum absolute atomic E-state index is 5.36. The molecule has 10 rings (SSSR count). The highest BCUT2D eigenvalue weighted by molar-refractivity contribution is 6.32. The second kappa shape index (κ2) is 8.72. The van der Waals surface area contributed by atoms with Crippen molar-refractivity contribution in [1.29, 1.82) is 0 Å². The average molecular weight is 562 g/mol. The molecule has 0 atom stereocenters. The molecule has 6 aromatic carbocycles. The lowest BCUT2D eigenvalue weighted by atomic mass is 9.97. The van der Waals surface area contributed by atoms with Gasteiger partial charge in [0.1, 0.15) is 5.65 Å². The summed E-state index contributed by atoms with van der Waals surface area (Å²) in [7, 11) is 0. The Morgan fingerprint density at radius 1 is 0.455 bits per heavy atom. The lowest BCUT2D eigenvalue weighted by molar-refractivity contribution is 1.01. The molecule has 0 saturated carbocycles. The van der Waals surface area contributed by atoms with Crippen molar-refractivity contribution in [2.24, 2.45) is 0 Å². The lowest BCUT2D eigenvalue weighted by Gasteiger charge is -2.13. The van der Waals surface area contributed by atoms with E-state index in [1.807, 2.05) is 18.2 Å². The first kappa shape index (κ1) is 23.5. The van der Waals surface area contributed by atoms with Gasteiger partial charge in [-0.2, -0.15) is 0 Å². The number of para-hydroxylation sites is 3. The molecule has 0 unspecified atom stereocenters. The Hall–Kier alpha value is -6.07. The van der Waals surface area contributed by atoms with E-state index in [1.54, 1.807) is 0 Å². The monoisotopic (exact) mass is 561 g/mol. The van der Waals surface area contributed by atoms with E-state index in [1.165, 1.54) is 21.5 Å². The van der Waals surface area contributed by atoms with Gasteiger partial charge in [-0.05, 0) is 40.4 Å². The Morgan fingerprint density at radius 3 is 1.91 bits per heavy atom. The van der Waals surface area contributed by atoms with Crippen molar-refractivity contribution in [3.63, 3.8) is 0 Å². The zero-order chi connectivity index (χ0) is 28.8. The minimum atomic E-state index is 0.645. The smallest absolute Gasteiger partial charge is 0.235 e. The average Bonchev–Trinajstić information content (AvgIpc) is 3.62. The first-order chi connectivity index (χ1) is 21.8. The predicted molar refractivity (Wildman–Crippen MR) is 181 cm³/mol. The van der Waals surface area contributed by atoms with Crippen LogP contribution >= 0.6 is 0 Å². The minimum Gasteiger partial charge on any atom is -0.297 e. The van der Waals surface area contributed by atoms with Crippen LogP contribution in [0.4, 0.5) is 0 Å². The normalized spacial score (nSPS) is 12.1. The number of fused-ring (bicyclic) bond motifs is 12. The van der Waals surface area contributed by atoms with Crippen molar-refractivity contribution in [1.82, 2.24) is 23.9 Å². The van der Waals surface area contributed by atoms with Crippen molar-refractivity contribution in [3.8, 4) is 17.2 Å². The van der Waals surface area contributed by atoms with Gasteiger partial charge in [-0.25, -0.2) is 15.0 Å². The Labute approximate surface area is 251 Å². The number of imidazole rings is 1. The second-order valence-corrected chi connectivity index (χ2v) is 11.3. The fraction of sp³-hybridized carbons (Fsp3) is 0. The van der Waals surface area contributed by atoms with Crippen molar-refractivity contribution in [2.75, 3.05) is 0 Å². The first-order valence-electron chi connectivity index (χ1n) is 14.8. The molecule has 44 heavy (non-hydrogen) atoms. The molecule has 0 spiro atoms. The third-order valence-corrected chi connectivity index (χ3v) is 8.90. The highest BCUT2D eigenvalue weighted by Gasteiger charge is 2.22. The predicted octanol–water partition coefficient (Wildman–Crippen LogP) is 9.50. The number of hydrogen-bond acceptors (Lipinski definition) is 3. The number of nitrogens with zero attached hydrogens (tertiary/aromatic N) is 5. The molecule has 0 aliphatic carbocycles. The van der Waals surface area contributed by atoms with Crippen LogP contribution in [0.2, 0.25) is 0 Å². The molecule has 5 heteroatoms. The van der Waals surface area contributed by atoms with Crippen LogP contribution in [0.15, 0.2) is 140 Å². The van der Waals surface area contributed by atoms with Crippen LogP contribution in [0.5, 0.6) is 0 Å². The third kappa shape index (κ3) is 3.15. The molecule has 0 aliphatic heterocycles. The van der Waals surface area contributed by atoms with E-state index in [9.17, 15) is 0 Å². The van der Waals surface area contributed by atoms with Gasteiger partial charge in [0, 0.05) is 33.3 Å². The van der Waals surface area contributed by atoms with E-state index >= 15 is 0 Å². The zero-order valence-electron chi connectivity index (χ0n) is 23.5. The molecule has 10 aromatic rings. The number of benzene rings is 6. The molecule has 204 valence electrons. The van der Waals surface area contributed by atoms with Gasteiger partial charge >= 0.3 is 0 Å². The Balaban J connectivity index is 1.47. The van der Waals surface area contributed by atoms with Gasteiger partial charge in [0.15, 0.2) is 0 Å². The summed E-state index contributed by atoms with van der Waals surface area (Å²) in [5, 5.41) is 8.14. The molecule has 4 heterocycles. The third-order valence-electron chi connectivity index (χ3n) is 8.90. The zero-order valence-corrected chi connectivity index (χ0v) is 23.5. The second-order valence-electron chi connectivity index (χ2n) is 11.3. The maximum Gasteiger partial charge on any atom is 0.235 e. The largest absolute Gasteiger partial charge is 0.297 e. The van der Waals surface area contributed by atoms with Crippen LogP contribution < -0.4 is 0 Å². The summed E-state index contributed by atoms with van der Waals surface area (Å²) in [6, 6.07) is 46.6. The van der Waals surface area contributed by atoms with E-state index in [0.717, 1.165) is 60.6 Å². The van der Waals surface area contributed by atoms with Crippen molar-refractivity contribution >= 4 is 70.9 Å². The van der Waals surface area contributed by atoms with E-state index < -0.39 is 0 Å². The van der Waals surface area contributed by atoms with Gasteiger partial charge in [-0.3, -0.25) is 8.97 Å². The van der Waals surface area contributed by atoms with Gasteiger partial charge in [-0.15, -0.1) is 0 Å². The fourth-order valence-electron chi connectivity index (χ4n) is 7.01. The molecule has 0 amide bonds. The quantitative estimate of drug-likeness (QED) is 0.198. The molecule has 0 saturated heterocycles. The molecule has 0 radical (unpaired) electrons. The summed E-state index contributed by atoms with van der Waals surface area (Å²) >= 11 is 0. The molecular formula is C39H23N5. The standard InChI is InChI=1S/C39H23N5/c1-2-12-24(13-3-1)37-29-18-8-9-19-31(29)41-39(42-37)44-34-23-43-33-21-11-10-20-32(33)40-35(43)22-30(34)36-27-16-6-4-14-25(27)26-15-5-7-17-28(26)38(36)44/h1-23H. The highest BCUT2D eigenvalue weighted by atomic mass is 15.2. The van der Waals surface area contributed by atoms with Gasteiger partial charge in [0.05, 0.1) is 33.3 Å². The summed E-state index contributed by atoms with van der Waals surface area (Å²) in [6.45, 7) is 0. The number of hydrogen-bond donors (Lipinski definition) is 0. The van der Waals surface area contributed by atoms with Crippen LogP contribution in [-0.2, 0) is 0 Å². The fourth-order valence-corrected chi connectivity index (χ4v) is 7.01. The number of pyridine rings is 1. The summed E-state index contributed by atoms with van der Waals surface area (Å²) in [6.07, 6.45) is 2.21. The lowest BCUT2D eigenvalue weighted by Crippen LogP contribution is -2.04. The summed E-state index contributed by atoms with van der Waals surface area (Å²) in [5.74, 6) is 0.645. The molecule has 5 nitrogen and oxygen atoms in total. The summed E-state index contributed by atoms with van der Waals surface area (Å²) in [5.41, 5.74) is 7.98. The van der Waals surface area contributed by atoms with Crippen molar-refractivity contribution < 1.29 is 0 Å². The summed E-state index contributed by atoms with van der Waals surface area (Å²) in [4.78, 5) is 15.6. The van der Waals surface area contributed by atoms with E-state index in [-0.39, 0.29) is 0 Å². The Kier molecular flexibility index (Phi) is 4.66. The first-order valence-corrected chi connectivity index (χ1v) is 14.8. The van der Waals surface area contributed by atoms with Crippen LogP contribution in [0.25, 0.3) is 88.1 Å².